The van der Waals surface area contributed by atoms with Crippen LogP contribution in [-0.2, 0) is 12.8 Å². The fraction of sp³-hybridized carbons (Fsp3) is 0.0690. The summed E-state index contributed by atoms with van der Waals surface area (Å²) in [6, 6.07) is 81.4. The highest BCUT2D eigenvalue weighted by Crippen LogP contribution is 2.45. The second-order valence-electron chi connectivity index (χ2n) is 15.7. The first-order valence-electron chi connectivity index (χ1n) is 21.3. The van der Waals surface area contributed by atoms with Crippen LogP contribution in [0.1, 0.15) is 29.2 Å². The molecule has 0 fully saturated rings. The summed E-state index contributed by atoms with van der Waals surface area (Å²) in [4.78, 5) is 7.16. The van der Waals surface area contributed by atoms with E-state index >= 15 is 0 Å². The molecular formula is C58H47N3. The average molecular weight is 786 g/mol. The molecule has 1 aliphatic rings. The van der Waals surface area contributed by atoms with E-state index in [0.717, 1.165) is 41.3 Å². The first kappa shape index (κ1) is 37.6. The van der Waals surface area contributed by atoms with Gasteiger partial charge in [-0.15, -0.1) is 0 Å². The van der Waals surface area contributed by atoms with Gasteiger partial charge >= 0.3 is 0 Å². The summed E-state index contributed by atoms with van der Waals surface area (Å²) in [5.74, 6) is 0. The summed E-state index contributed by atoms with van der Waals surface area (Å²) < 4.78 is 0. The second-order valence-corrected chi connectivity index (χ2v) is 15.7. The van der Waals surface area contributed by atoms with Crippen LogP contribution in [-0.4, -0.2) is 0 Å². The minimum Gasteiger partial charge on any atom is -0.311 e. The molecule has 9 aromatic carbocycles. The molecule has 0 atom stereocenters. The van der Waals surface area contributed by atoms with Gasteiger partial charge in [-0.2, -0.15) is 0 Å². The summed E-state index contributed by atoms with van der Waals surface area (Å²) in [6.45, 7) is 4.42. The molecule has 294 valence electrons. The number of benzene rings is 9. The normalized spacial score (nSPS) is 11.7. The lowest BCUT2D eigenvalue weighted by Crippen LogP contribution is -2.18. The van der Waals surface area contributed by atoms with Crippen LogP contribution in [0.2, 0.25) is 0 Å². The highest BCUT2D eigenvalue weighted by molar-refractivity contribution is 5.87. The zero-order chi connectivity index (χ0) is 41.1. The lowest BCUT2D eigenvalue weighted by Gasteiger charge is -2.33. The topological polar surface area (TPSA) is 9.72 Å². The molecule has 0 aliphatic carbocycles. The van der Waals surface area contributed by atoms with Crippen LogP contribution in [0.4, 0.5) is 51.2 Å². The Bertz CT molecular complexity index is 2910. The Morgan fingerprint density at radius 3 is 1.54 bits per heavy atom. The number of aryl methyl sites for hydroxylation is 2. The minimum absolute atomic E-state index is 0.944. The van der Waals surface area contributed by atoms with Crippen molar-refractivity contribution in [2.45, 2.75) is 26.7 Å². The SMILES string of the molecule is CCc1ccccc1N(c1cccc(-c2ccc(N(c3ccccc3)c3ccc(-c4cccc(N5c6ccccc6Cc6ccccc65)c4)cc3)cc2)c1)c1ccccc1C. The number of rotatable bonds is 10. The third-order valence-electron chi connectivity index (χ3n) is 12.0. The third-order valence-corrected chi connectivity index (χ3v) is 12.0. The molecule has 0 amide bonds. The summed E-state index contributed by atoms with van der Waals surface area (Å²) in [5, 5.41) is 0. The van der Waals surface area contributed by atoms with Crippen molar-refractivity contribution in [3.8, 4) is 22.3 Å². The van der Waals surface area contributed by atoms with Gasteiger partial charge in [0.1, 0.15) is 0 Å². The lowest BCUT2D eigenvalue weighted by molar-refractivity contribution is 1.09. The Morgan fingerprint density at radius 2 is 0.902 bits per heavy atom. The molecule has 0 unspecified atom stereocenters. The van der Waals surface area contributed by atoms with Crippen LogP contribution in [0.5, 0.6) is 0 Å². The van der Waals surface area contributed by atoms with Gasteiger partial charge in [-0.05, 0) is 143 Å². The van der Waals surface area contributed by atoms with Crippen molar-refractivity contribution < 1.29 is 0 Å². The van der Waals surface area contributed by atoms with Gasteiger partial charge in [0, 0.05) is 57.6 Å². The van der Waals surface area contributed by atoms with Crippen molar-refractivity contribution in [3.63, 3.8) is 0 Å². The van der Waals surface area contributed by atoms with E-state index in [-0.39, 0.29) is 0 Å². The Morgan fingerprint density at radius 1 is 0.393 bits per heavy atom. The first-order valence-corrected chi connectivity index (χ1v) is 21.3. The van der Waals surface area contributed by atoms with Crippen LogP contribution < -0.4 is 14.7 Å². The Kier molecular flexibility index (Phi) is 10.2. The Labute approximate surface area is 360 Å². The van der Waals surface area contributed by atoms with E-state index in [0.29, 0.717) is 0 Å². The summed E-state index contributed by atoms with van der Waals surface area (Å²) in [5.41, 5.74) is 20.4. The molecule has 1 aliphatic heterocycles. The molecule has 0 radical (unpaired) electrons. The minimum atomic E-state index is 0.944. The van der Waals surface area contributed by atoms with Crippen molar-refractivity contribution >= 4 is 51.2 Å². The molecular weight excluding hydrogens is 739 g/mol. The maximum Gasteiger partial charge on any atom is 0.0497 e. The molecule has 3 nitrogen and oxygen atoms in total. The molecule has 1 heterocycles. The van der Waals surface area contributed by atoms with Crippen molar-refractivity contribution in [2.75, 3.05) is 14.7 Å². The highest BCUT2D eigenvalue weighted by Gasteiger charge is 2.24. The first-order chi connectivity index (χ1) is 30.1. The molecule has 0 saturated carbocycles. The maximum absolute atomic E-state index is 2.41. The molecule has 10 rings (SSSR count). The molecule has 0 N–H and O–H groups in total. The van der Waals surface area contributed by atoms with E-state index < -0.39 is 0 Å². The molecule has 0 spiro atoms. The van der Waals surface area contributed by atoms with E-state index in [1.165, 1.54) is 67.3 Å². The maximum atomic E-state index is 2.41. The fourth-order valence-corrected chi connectivity index (χ4v) is 8.90. The van der Waals surface area contributed by atoms with E-state index in [2.05, 4.69) is 253 Å². The lowest BCUT2D eigenvalue weighted by atomic mass is 9.94. The smallest absolute Gasteiger partial charge is 0.0497 e. The largest absolute Gasteiger partial charge is 0.311 e. The second kappa shape index (κ2) is 16.6. The number of anilines is 9. The van der Waals surface area contributed by atoms with Gasteiger partial charge < -0.3 is 14.7 Å². The number of hydrogen-bond donors (Lipinski definition) is 0. The van der Waals surface area contributed by atoms with Gasteiger partial charge in [0.15, 0.2) is 0 Å². The molecule has 0 aromatic heterocycles. The van der Waals surface area contributed by atoms with Crippen molar-refractivity contribution in [1.82, 2.24) is 0 Å². The summed E-state index contributed by atoms with van der Waals surface area (Å²) in [7, 11) is 0. The van der Waals surface area contributed by atoms with Crippen LogP contribution in [0, 0.1) is 6.92 Å². The predicted molar refractivity (Wildman–Crippen MR) is 258 cm³/mol. The van der Waals surface area contributed by atoms with Gasteiger partial charge in [-0.1, -0.05) is 146 Å². The quantitative estimate of drug-likeness (QED) is 0.137. The number of fused-ring (bicyclic) bond motifs is 2. The summed E-state index contributed by atoms with van der Waals surface area (Å²) in [6.07, 6.45) is 1.90. The van der Waals surface area contributed by atoms with Crippen LogP contribution >= 0.6 is 0 Å². The third kappa shape index (κ3) is 7.36. The van der Waals surface area contributed by atoms with Crippen LogP contribution in [0.3, 0.4) is 0 Å². The zero-order valence-corrected chi connectivity index (χ0v) is 34.6. The standard InChI is InChI=1S/C58H47N3/c1-3-43-18-8-12-28-56(43)60(55-27-11-7-17-42(55)2)53-25-15-21-46(40-53)44-31-35-51(36-32-44)59(50-23-5-4-6-24-50)52-37-33-45(34-38-52)47-22-16-26-54(41-47)61-57-29-13-9-19-48(57)39-49-20-10-14-30-58(49)61/h4-38,40-41H,3,39H2,1-2H3. The van der Waals surface area contributed by atoms with Crippen molar-refractivity contribution in [3.05, 3.63) is 247 Å². The average Bonchev–Trinajstić information content (AvgIpc) is 3.32. The monoisotopic (exact) mass is 785 g/mol. The molecule has 0 bridgehead atoms. The van der Waals surface area contributed by atoms with E-state index in [1.54, 1.807) is 0 Å². The van der Waals surface area contributed by atoms with Gasteiger partial charge in [-0.25, -0.2) is 0 Å². The van der Waals surface area contributed by atoms with Crippen molar-refractivity contribution in [1.29, 1.82) is 0 Å². The number of nitrogens with zero attached hydrogens (tertiary/aromatic N) is 3. The van der Waals surface area contributed by atoms with Gasteiger partial charge in [-0.3, -0.25) is 0 Å². The fourth-order valence-electron chi connectivity index (χ4n) is 8.90. The molecule has 3 heteroatoms. The van der Waals surface area contributed by atoms with Gasteiger partial charge in [0.05, 0.1) is 0 Å². The Hall–Kier alpha value is -7.62. The van der Waals surface area contributed by atoms with Gasteiger partial charge in [0.25, 0.3) is 0 Å². The zero-order valence-electron chi connectivity index (χ0n) is 34.6. The molecule has 9 aromatic rings. The Balaban J connectivity index is 0.967. The van der Waals surface area contributed by atoms with E-state index in [4.69, 9.17) is 0 Å². The van der Waals surface area contributed by atoms with Crippen LogP contribution in [0.15, 0.2) is 224 Å². The number of hydrogen-bond acceptors (Lipinski definition) is 3. The highest BCUT2D eigenvalue weighted by atomic mass is 15.2. The van der Waals surface area contributed by atoms with Crippen LogP contribution in [0.25, 0.3) is 22.3 Å². The van der Waals surface area contributed by atoms with Crippen molar-refractivity contribution in [2.24, 2.45) is 0 Å². The molecule has 0 saturated heterocycles. The van der Waals surface area contributed by atoms with E-state index in [9.17, 15) is 0 Å². The molecule has 61 heavy (non-hydrogen) atoms. The summed E-state index contributed by atoms with van der Waals surface area (Å²) >= 11 is 0. The number of para-hydroxylation sites is 5. The predicted octanol–water partition coefficient (Wildman–Crippen LogP) is 16.2. The van der Waals surface area contributed by atoms with E-state index in [1.807, 2.05) is 0 Å². The van der Waals surface area contributed by atoms with Gasteiger partial charge in [0.2, 0.25) is 0 Å².